The van der Waals surface area contributed by atoms with E-state index < -0.39 is 0 Å². The summed E-state index contributed by atoms with van der Waals surface area (Å²) in [6.45, 7) is 7.19. The van der Waals surface area contributed by atoms with Crippen molar-refractivity contribution in [2.24, 2.45) is 10.9 Å². The number of guanidine groups is 1. The molecule has 1 fully saturated rings. The molecule has 7 nitrogen and oxygen atoms in total. The van der Waals surface area contributed by atoms with Gasteiger partial charge in [-0.3, -0.25) is 9.79 Å². The van der Waals surface area contributed by atoms with Crippen LogP contribution in [-0.2, 0) is 16.0 Å². The number of aliphatic imine (C=N–C) groups is 1. The number of hydrogen-bond acceptors (Lipinski definition) is 4. The molecule has 1 saturated heterocycles. The maximum absolute atomic E-state index is 11.8. The third kappa shape index (κ3) is 7.92. The minimum atomic E-state index is -0.0383. The van der Waals surface area contributed by atoms with Crippen molar-refractivity contribution in [1.82, 2.24) is 15.5 Å². The Bertz CT molecular complexity index is 610. The van der Waals surface area contributed by atoms with Crippen LogP contribution >= 0.6 is 24.0 Å². The molecule has 1 aliphatic heterocycles. The molecule has 28 heavy (non-hydrogen) atoms. The van der Waals surface area contributed by atoms with Crippen molar-refractivity contribution in [3.63, 3.8) is 0 Å². The van der Waals surface area contributed by atoms with Crippen LogP contribution in [0.2, 0.25) is 0 Å². The average Bonchev–Trinajstić information content (AvgIpc) is 3.15. The fraction of sp³-hybridized carbons (Fsp3) is 0.600. The van der Waals surface area contributed by atoms with Gasteiger partial charge in [-0.25, -0.2) is 0 Å². The molecule has 158 valence electrons. The highest BCUT2D eigenvalue weighted by molar-refractivity contribution is 14.0. The molecule has 0 aliphatic carbocycles. The standard InChI is InChI=1S/C20H32N4O3.HI/c1-4-22-19(25)18-7-5-16(6-8-18)13-23-20(21-2)24-10-9-17(14-24)15-27-12-11-26-3;/h5-8,17H,4,9-15H2,1-3H3,(H,21,23)(H,22,25);1H. The zero-order chi connectivity index (χ0) is 19.5. The maximum Gasteiger partial charge on any atom is 0.251 e. The van der Waals surface area contributed by atoms with E-state index in [0.29, 0.717) is 37.8 Å². The third-order valence-corrected chi connectivity index (χ3v) is 4.59. The van der Waals surface area contributed by atoms with Gasteiger partial charge in [-0.15, -0.1) is 24.0 Å². The number of ether oxygens (including phenoxy) is 2. The monoisotopic (exact) mass is 504 g/mol. The molecule has 0 radical (unpaired) electrons. The van der Waals surface area contributed by atoms with Gasteiger partial charge in [-0.2, -0.15) is 0 Å². The molecule has 0 spiro atoms. The van der Waals surface area contributed by atoms with Crippen LogP contribution < -0.4 is 10.6 Å². The van der Waals surface area contributed by atoms with E-state index in [1.165, 1.54) is 0 Å². The van der Waals surface area contributed by atoms with Crippen LogP contribution in [0.5, 0.6) is 0 Å². The lowest BCUT2D eigenvalue weighted by atomic mass is 10.1. The molecular formula is C20H33IN4O3. The molecule has 2 N–H and O–H groups in total. The minimum absolute atomic E-state index is 0. The fourth-order valence-corrected chi connectivity index (χ4v) is 3.10. The second-order valence-corrected chi connectivity index (χ2v) is 6.63. The first-order chi connectivity index (χ1) is 13.2. The number of amides is 1. The Balaban J connectivity index is 0.00000392. The number of halogens is 1. The first-order valence-corrected chi connectivity index (χ1v) is 9.57. The van der Waals surface area contributed by atoms with Crippen molar-refractivity contribution in [2.75, 3.05) is 53.6 Å². The van der Waals surface area contributed by atoms with Crippen LogP contribution in [0.3, 0.4) is 0 Å². The number of likely N-dealkylation sites (tertiary alicyclic amines) is 1. The van der Waals surface area contributed by atoms with Crippen LogP contribution in [0.1, 0.15) is 29.3 Å². The summed E-state index contributed by atoms with van der Waals surface area (Å²) in [5, 5.41) is 6.22. The summed E-state index contributed by atoms with van der Waals surface area (Å²) in [7, 11) is 3.49. The van der Waals surface area contributed by atoms with Gasteiger partial charge in [0.15, 0.2) is 5.96 Å². The van der Waals surface area contributed by atoms with Crippen molar-refractivity contribution >= 4 is 35.8 Å². The Hall–Kier alpha value is -1.39. The van der Waals surface area contributed by atoms with E-state index in [1.54, 1.807) is 7.11 Å². The van der Waals surface area contributed by atoms with E-state index in [1.807, 2.05) is 38.2 Å². The van der Waals surface area contributed by atoms with Gasteiger partial charge in [0.2, 0.25) is 0 Å². The molecule has 2 rings (SSSR count). The van der Waals surface area contributed by atoms with Crippen LogP contribution in [0, 0.1) is 5.92 Å². The Morgan fingerprint density at radius 2 is 2.00 bits per heavy atom. The molecular weight excluding hydrogens is 471 g/mol. The number of methoxy groups -OCH3 is 1. The number of rotatable bonds is 9. The molecule has 1 amide bonds. The minimum Gasteiger partial charge on any atom is -0.382 e. The van der Waals surface area contributed by atoms with E-state index >= 15 is 0 Å². The molecule has 1 unspecified atom stereocenters. The van der Waals surface area contributed by atoms with Gasteiger partial charge in [-0.1, -0.05) is 12.1 Å². The van der Waals surface area contributed by atoms with Crippen LogP contribution in [0.4, 0.5) is 0 Å². The highest BCUT2D eigenvalue weighted by Crippen LogP contribution is 2.16. The first-order valence-electron chi connectivity index (χ1n) is 9.57. The van der Waals surface area contributed by atoms with E-state index in [4.69, 9.17) is 9.47 Å². The molecule has 1 atom stereocenters. The van der Waals surface area contributed by atoms with Crippen LogP contribution in [-0.4, -0.2) is 70.4 Å². The largest absolute Gasteiger partial charge is 0.382 e. The van der Waals surface area contributed by atoms with Crippen LogP contribution in [0.25, 0.3) is 0 Å². The van der Waals surface area contributed by atoms with Crippen molar-refractivity contribution in [2.45, 2.75) is 19.9 Å². The van der Waals surface area contributed by atoms with Crippen molar-refractivity contribution < 1.29 is 14.3 Å². The van der Waals surface area contributed by atoms with Gasteiger partial charge in [-0.05, 0) is 31.0 Å². The fourth-order valence-electron chi connectivity index (χ4n) is 3.10. The average molecular weight is 504 g/mol. The smallest absolute Gasteiger partial charge is 0.251 e. The van der Waals surface area contributed by atoms with Gasteiger partial charge < -0.3 is 25.0 Å². The second kappa shape index (κ2) is 13.7. The number of carbonyl (C=O) groups excluding carboxylic acids is 1. The predicted molar refractivity (Wildman–Crippen MR) is 122 cm³/mol. The van der Waals surface area contributed by atoms with Crippen LogP contribution in [0.15, 0.2) is 29.3 Å². The Labute approximate surface area is 185 Å². The zero-order valence-electron chi connectivity index (χ0n) is 17.1. The summed E-state index contributed by atoms with van der Waals surface area (Å²) < 4.78 is 10.7. The summed E-state index contributed by atoms with van der Waals surface area (Å²) in [6.07, 6.45) is 1.11. The summed E-state index contributed by atoms with van der Waals surface area (Å²) in [4.78, 5) is 18.5. The number of carbonyl (C=O) groups is 1. The SMILES string of the molecule is CCNC(=O)c1ccc(CNC(=NC)N2CCC(COCCOC)C2)cc1.I. The number of hydrogen-bond donors (Lipinski definition) is 2. The summed E-state index contributed by atoms with van der Waals surface area (Å²) in [6, 6.07) is 7.66. The van der Waals surface area contributed by atoms with Gasteiger partial charge in [0.25, 0.3) is 5.91 Å². The summed E-state index contributed by atoms with van der Waals surface area (Å²) >= 11 is 0. The molecule has 1 aliphatic rings. The normalized spacial score (nSPS) is 16.6. The summed E-state index contributed by atoms with van der Waals surface area (Å²) in [5.74, 6) is 1.39. The number of benzene rings is 1. The topological polar surface area (TPSA) is 75.2 Å². The lowest BCUT2D eigenvalue weighted by Crippen LogP contribution is -2.39. The van der Waals surface area contributed by atoms with Gasteiger partial charge in [0.1, 0.15) is 0 Å². The lowest BCUT2D eigenvalue weighted by Gasteiger charge is -2.22. The molecule has 0 saturated carbocycles. The van der Waals surface area contributed by atoms with Gasteiger partial charge in [0.05, 0.1) is 19.8 Å². The van der Waals surface area contributed by atoms with Gasteiger partial charge >= 0.3 is 0 Å². The highest BCUT2D eigenvalue weighted by atomic mass is 127. The van der Waals surface area contributed by atoms with E-state index in [0.717, 1.165) is 37.6 Å². The Morgan fingerprint density at radius 1 is 1.25 bits per heavy atom. The molecule has 1 heterocycles. The quantitative estimate of drug-likeness (QED) is 0.233. The van der Waals surface area contributed by atoms with Crippen molar-refractivity contribution in [1.29, 1.82) is 0 Å². The number of nitrogens with zero attached hydrogens (tertiary/aromatic N) is 2. The Kier molecular flexibility index (Phi) is 12.1. The molecule has 8 heteroatoms. The molecule has 1 aromatic carbocycles. The van der Waals surface area contributed by atoms with Crippen molar-refractivity contribution in [3.05, 3.63) is 35.4 Å². The van der Waals surface area contributed by atoms with Crippen molar-refractivity contribution in [3.8, 4) is 0 Å². The molecule has 0 bridgehead atoms. The van der Waals surface area contributed by atoms with Gasteiger partial charge in [0, 0.05) is 51.8 Å². The van der Waals surface area contributed by atoms with E-state index in [9.17, 15) is 4.79 Å². The molecule has 1 aromatic rings. The maximum atomic E-state index is 11.8. The highest BCUT2D eigenvalue weighted by Gasteiger charge is 2.24. The first kappa shape index (κ1) is 24.6. The van der Waals surface area contributed by atoms with E-state index in [2.05, 4.69) is 20.5 Å². The van der Waals surface area contributed by atoms with E-state index in [-0.39, 0.29) is 29.9 Å². The second-order valence-electron chi connectivity index (χ2n) is 6.63. The predicted octanol–water partition coefficient (Wildman–Crippen LogP) is 2.11. The molecule has 0 aromatic heterocycles. The lowest BCUT2D eigenvalue weighted by molar-refractivity contribution is 0.0536. The zero-order valence-corrected chi connectivity index (χ0v) is 19.4. The Morgan fingerprint density at radius 3 is 2.64 bits per heavy atom. The number of nitrogens with one attached hydrogen (secondary N) is 2. The third-order valence-electron chi connectivity index (χ3n) is 4.59. The summed E-state index contributed by atoms with van der Waals surface area (Å²) in [5.41, 5.74) is 1.80.